The van der Waals surface area contributed by atoms with E-state index >= 15 is 0 Å². The van der Waals surface area contributed by atoms with Gasteiger partial charge in [-0.25, -0.2) is 4.68 Å². The maximum atomic E-state index is 12.4. The van der Waals surface area contributed by atoms with E-state index in [2.05, 4.69) is 20.7 Å². The molecule has 142 valence electrons. The Balaban J connectivity index is 1.49. The molecule has 4 rings (SSSR count). The molecular weight excluding hydrogens is 358 g/mol. The highest BCUT2D eigenvalue weighted by Crippen LogP contribution is 2.28. The lowest BCUT2D eigenvalue weighted by molar-refractivity contribution is -0.123. The van der Waals surface area contributed by atoms with Gasteiger partial charge in [-0.05, 0) is 31.2 Å². The summed E-state index contributed by atoms with van der Waals surface area (Å²) < 4.78 is 6.57. The average Bonchev–Trinajstić information content (AvgIpc) is 3.22. The number of ether oxygens (including phenoxy) is 1. The molecule has 2 amide bonds. The monoisotopic (exact) mass is 377 g/mol. The summed E-state index contributed by atoms with van der Waals surface area (Å²) in [5.41, 5.74) is 2.61. The molecule has 2 N–H and O–H groups in total. The van der Waals surface area contributed by atoms with Crippen LogP contribution < -0.4 is 15.4 Å². The van der Waals surface area contributed by atoms with Gasteiger partial charge in [-0.2, -0.15) is 4.98 Å². The minimum absolute atomic E-state index is 0.0401. The molecule has 0 saturated carbocycles. The van der Waals surface area contributed by atoms with Crippen molar-refractivity contribution >= 4 is 23.5 Å². The average molecular weight is 377 g/mol. The molecule has 0 saturated heterocycles. The fourth-order valence-corrected chi connectivity index (χ4v) is 3.00. The van der Waals surface area contributed by atoms with E-state index in [4.69, 9.17) is 4.74 Å². The van der Waals surface area contributed by atoms with Gasteiger partial charge in [0, 0.05) is 11.3 Å². The number of anilines is 2. The van der Waals surface area contributed by atoms with Crippen LogP contribution in [0.1, 0.15) is 18.0 Å². The minimum atomic E-state index is -0.736. The highest BCUT2D eigenvalue weighted by molar-refractivity contribution is 6.01. The van der Waals surface area contributed by atoms with E-state index in [0.29, 0.717) is 23.2 Å². The van der Waals surface area contributed by atoms with Gasteiger partial charge >= 0.3 is 0 Å². The highest BCUT2D eigenvalue weighted by Gasteiger charge is 2.35. The van der Waals surface area contributed by atoms with Crippen molar-refractivity contribution in [3.8, 4) is 17.1 Å². The van der Waals surface area contributed by atoms with Gasteiger partial charge in [0.2, 0.25) is 11.9 Å². The highest BCUT2D eigenvalue weighted by atomic mass is 16.5. The number of hydrogen-bond donors (Lipinski definition) is 2. The smallest absolute Gasteiger partial charge is 0.252 e. The molecule has 0 spiro atoms. The molecule has 2 aromatic carbocycles. The van der Waals surface area contributed by atoms with Gasteiger partial charge in [0.15, 0.2) is 5.82 Å². The molecule has 0 radical (unpaired) electrons. The van der Waals surface area contributed by atoms with Gasteiger partial charge in [0.1, 0.15) is 11.8 Å². The SMILES string of the molecule is COc1ccc(NC(=O)C[C@@H]2C(=O)Nc3nc(-c4ccc(C)cc4)nn32)cc1. The number of aromatic nitrogens is 3. The molecule has 1 aromatic heterocycles. The Morgan fingerprint density at radius 3 is 2.57 bits per heavy atom. The number of carbonyl (C=O) groups excluding carboxylic acids is 2. The number of nitrogens with zero attached hydrogens (tertiary/aromatic N) is 3. The van der Waals surface area contributed by atoms with Crippen molar-refractivity contribution in [2.24, 2.45) is 0 Å². The Hall–Kier alpha value is -3.68. The zero-order valence-corrected chi connectivity index (χ0v) is 15.5. The number of benzene rings is 2. The topological polar surface area (TPSA) is 98.1 Å². The zero-order valence-electron chi connectivity index (χ0n) is 15.5. The molecular formula is C20H19N5O3. The van der Waals surface area contributed by atoms with E-state index in [0.717, 1.165) is 11.1 Å². The number of fused-ring (bicyclic) bond motifs is 1. The van der Waals surface area contributed by atoms with E-state index in [9.17, 15) is 9.59 Å². The Morgan fingerprint density at radius 1 is 1.18 bits per heavy atom. The third kappa shape index (κ3) is 3.44. The summed E-state index contributed by atoms with van der Waals surface area (Å²) >= 11 is 0. The van der Waals surface area contributed by atoms with Crippen LogP contribution in [0.5, 0.6) is 5.75 Å². The number of aryl methyl sites for hydroxylation is 1. The molecule has 0 unspecified atom stereocenters. The number of hydrogen-bond acceptors (Lipinski definition) is 5. The van der Waals surface area contributed by atoms with Crippen LogP contribution in [0.4, 0.5) is 11.6 Å². The lowest BCUT2D eigenvalue weighted by atomic mass is 10.1. The van der Waals surface area contributed by atoms with E-state index in [1.807, 2.05) is 31.2 Å². The standard InChI is InChI=1S/C20H19N5O3/c1-12-3-5-13(6-4-12)18-22-20-23-19(27)16(25(20)24-18)11-17(26)21-14-7-9-15(28-2)10-8-14/h3-10,16H,11H2,1-2H3,(H,21,26)(H,22,23,24,27)/t16-/m1/s1. The Labute approximate surface area is 161 Å². The summed E-state index contributed by atoms with van der Waals surface area (Å²) in [6, 6.07) is 14.0. The van der Waals surface area contributed by atoms with E-state index in [1.54, 1.807) is 31.4 Å². The molecule has 0 bridgehead atoms. The van der Waals surface area contributed by atoms with Crippen molar-refractivity contribution < 1.29 is 14.3 Å². The summed E-state index contributed by atoms with van der Waals surface area (Å²) in [4.78, 5) is 29.0. The van der Waals surface area contributed by atoms with Gasteiger partial charge < -0.3 is 10.1 Å². The Bertz CT molecular complexity index is 1020. The molecule has 3 aromatic rings. The predicted octanol–water partition coefficient (Wildman–Crippen LogP) is 2.78. The first kappa shape index (κ1) is 17.7. The second kappa shape index (κ2) is 7.15. The molecule has 2 heterocycles. The molecule has 1 atom stereocenters. The van der Waals surface area contributed by atoms with Gasteiger partial charge in [-0.3, -0.25) is 14.9 Å². The van der Waals surface area contributed by atoms with Crippen LogP contribution in [0, 0.1) is 6.92 Å². The number of methoxy groups -OCH3 is 1. The summed E-state index contributed by atoms with van der Waals surface area (Å²) in [6.45, 7) is 2.00. The molecule has 1 aliphatic heterocycles. The maximum absolute atomic E-state index is 12.4. The fraction of sp³-hybridized carbons (Fsp3) is 0.200. The first-order valence-corrected chi connectivity index (χ1v) is 8.82. The molecule has 1 aliphatic rings. The van der Waals surface area contributed by atoms with Crippen LogP contribution in [0.25, 0.3) is 11.4 Å². The van der Waals surface area contributed by atoms with Crippen LogP contribution in [-0.2, 0) is 9.59 Å². The Kier molecular flexibility index (Phi) is 4.52. The largest absolute Gasteiger partial charge is 0.497 e. The number of rotatable bonds is 5. The first-order chi connectivity index (χ1) is 13.5. The summed E-state index contributed by atoms with van der Waals surface area (Å²) in [7, 11) is 1.58. The van der Waals surface area contributed by atoms with Crippen molar-refractivity contribution in [3.63, 3.8) is 0 Å². The van der Waals surface area contributed by atoms with Crippen molar-refractivity contribution in [3.05, 3.63) is 54.1 Å². The number of carbonyl (C=O) groups is 2. The third-order valence-corrected chi connectivity index (χ3v) is 4.53. The molecule has 8 heteroatoms. The lowest BCUT2D eigenvalue weighted by Gasteiger charge is -2.10. The van der Waals surface area contributed by atoms with Gasteiger partial charge in [-0.15, -0.1) is 5.10 Å². The van der Waals surface area contributed by atoms with Gasteiger partial charge in [0.05, 0.1) is 13.5 Å². The van der Waals surface area contributed by atoms with Crippen LogP contribution in [0.15, 0.2) is 48.5 Å². The van der Waals surface area contributed by atoms with Crippen LogP contribution in [0.2, 0.25) is 0 Å². The van der Waals surface area contributed by atoms with Crippen LogP contribution in [-0.4, -0.2) is 33.7 Å². The van der Waals surface area contributed by atoms with Gasteiger partial charge in [0.25, 0.3) is 5.91 Å². The molecule has 28 heavy (non-hydrogen) atoms. The van der Waals surface area contributed by atoms with Crippen molar-refractivity contribution in [1.29, 1.82) is 0 Å². The normalized spacial score (nSPS) is 15.1. The van der Waals surface area contributed by atoms with Crippen molar-refractivity contribution in [2.45, 2.75) is 19.4 Å². The maximum Gasteiger partial charge on any atom is 0.252 e. The van der Waals surface area contributed by atoms with E-state index < -0.39 is 6.04 Å². The zero-order chi connectivity index (χ0) is 19.7. The first-order valence-electron chi connectivity index (χ1n) is 8.82. The van der Waals surface area contributed by atoms with Crippen LogP contribution >= 0.6 is 0 Å². The quantitative estimate of drug-likeness (QED) is 0.712. The van der Waals surface area contributed by atoms with E-state index in [1.165, 1.54) is 4.68 Å². The molecule has 0 aliphatic carbocycles. The second-order valence-corrected chi connectivity index (χ2v) is 6.56. The van der Waals surface area contributed by atoms with Crippen molar-refractivity contribution in [1.82, 2.24) is 14.8 Å². The van der Waals surface area contributed by atoms with E-state index in [-0.39, 0.29) is 18.2 Å². The predicted molar refractivity (Wildman–Crippen MR) is 104 cm³/mol. The number of amides is 2. The molecule has 8 nitrogen and oxygen atoms in total. The number of nitrogens with one attached hydrogen (secondary N) is 2. The Morgan fingerprint density at radius 2 is 1.89 bits per heavy atom. The summed E-state index contributed by atoms with van der Waals surface area (Å²) in [5.74, 6) is 0.975. The van der Waals surface area contributed by atoms with Gasteiger partial charge in [-0.1, -0.05) is 29.8 Å². The summed E-state index contributed by atoms with van der Waals surface area (Å²) in [6.07, 6.45) is -0.0401. The van der Waals surface area contributed by atoms with Crippen LogP contribution in [0.3, 0.4) is 0 Å². The molecule has 0 fully saturated rings. The third-order valence-electron chi connectivity index (χ3n) is 4.53. The minimum Gasteiger partial charge on any atom is -0.497 e. The summed E-state index contributed by atoms with van der Waals surface area (Å²) in [5, 5.41) is 9.90. The lowest BCUT2D eigenvalue weighted by Crippen LogP contribution is -2.23. The fourth-order valence-electron chi connectivity index (χ4n) is 3.00. The second-order valence-electron chi connectivity index (χ2n) is 6.56. The van der Waals surface area contributed by atoms with Crippen molar-refractivity contribution in [2.75, 3.05) is 17.7 Å².